The Morgan fingerprint density at radius 2 is 2.00 bits per heavy atom. The molecule has 0 radical (unpaired) electrons. The number of rotatable bonds is 4. The predicted molar refractivity (Wildman–Crippen MR) is 62.7 cm³/mol. The lowest BCUT2D eigenvalue weighted by atomic mass is 10.1. The van der Waals surface area contributed by atoms with Crippen LogP contribution in [0.2, 0.25) is 0 Å². The van der Waals surface area contributed by atoms with Crippen molar-refractivity contribution in [2.75, 3.05) is 6.54 Å². The van der Waals surface area contributed by atoms with Crippen molar-refractivity contribution >= 4 is 0 Å². The maximum absolute atomic E-state index is 9.41. The summed E-state index contributed by atoms with van der Waals surface area (Å²) < 4.78 is 1.71. The third kappa shape index (κ3) is 2.48. The molecule has 3 N–H and O–H groups in total. The summed E-state index contributed by atoms with van der Waals surface area (Å²) in [5.74, 6) is 0. The molecular formula is C12H15N3O. The highest BCUT2D eigenvalue weighted by molar-refractivity contribution is 5.61. The summed E-state index contributed by atoms with van der Waals surface area (Å²) >= 11 is 0. The van der Waals surface area contributed by atoms with Crippen molar-refractivity contribution in [1.82, 2.24) is 9.78 Å². The first kappa shape index (κ1) is 10.9. The summed E-state index contributed by atoms with van der Waals surface area (Å²) in [5.41, 5.74) is 7.51. The van der Waals surface area contributed by atoms with Gasteiger partial charge in [-0.3, -0.25) is 4.68 Å². The fourth-order valence-electron chi connectivity index (χ4n) is 1.53. The molecule has 1 aromatic carbocycles. The number of aromatic nitrogens is 2. The number of benzene rings is 1. The number of nitrogens with two attached hydrogens (primary N) is 1. The lowest BCUT2D eigenvalue weighted by Crippen LogP contribution is -2.25. The van der Waals surface area contributed by atoms with Crippen LogP contribution in [0, 0.1) is 0 Å². The van der Waals surface area contributed by atoms with Crippen molar-refractivity contribution < 1.29 is 5.11 Å². The lowest BCUT2D eigenvalue weighted by Gasteiger charge is -2.06. The summed E-state index contributed by atoms with van der Waals surface area (Å²) in [6, 6.07) is 10.0. The smallest absolute Gasteiger partial charge is 0.0857 e. The molecule has 0 amide bonds. The van der Waals surface area contributed by atoms with Crippen molar-refractivity contribution in [3.63, 3.8) is 0 Å². The molecule has 0 saturated carbocycles. The minimum atomic E-state index is -0.538. The lowest BCUT2D eigenvalue weighted by molar-refractivity contribution is 0.157. The number of aliphatic hydroxyl groups is 1. The fourth-order valence-corrected chi connectivity index (χ4v) is 1.53. The topological polar surface area (TPSA) is 64.1 Å². The third-order valence-corrected chi connectivity index (χ3v) is 2.41. The second kappa shape index (κ2) is 4.92. The molecule has 16 heavy (non-hydrogen) atoms. The average Bonchev–Trinajstić information content (AvgIpc) is 2.78. The van der Waals surface area contributed by atoms with Crippen molar-refractivity contribution in [3.8, 4) is 11.1 Å². The van der Waals surface area contributed by atoms with Gasteiger partial charge in [-0.05, 0) is 5.56 Å². The minimum absolute atomic E-state index is 0.251. The molecule has 84 valence electrons. The van der Waals surface area contributed by atoms with Crippen LogP contribution in [0.15, 0.2) is 42.7 Å². The maximum Gasteiger partial charge on any atom is 0.0857 e. The Labute approximate surface area is 94.3 Å². The Hall–Kier alpha value is -1.65. The minimum Gasteiger partial charge on any atom is -0.390 e. The molecule has 2 rings (SSSR count). The van der Waals surface area contributed by atoms with E-state index in [9.17, 15) is 5.11 Å². The normalized spacial score (nSPS) is 12.6. The predicted octanol–water partition coefficient (Wildman–Crippen LogP) is 0.870. The zero-order valence-electron chi connectivity index (χ0n) is 8.95. The molecule has 1 heterocycles. The molecule has 0 aliphatic heterocycles. The Morgan fingerprint density at radius 1 is 1.25 bits per heavy atom. The van der Waals surface area contributed by atoms with Crippen molar-refractivity contribution in [3.05, 3.63) is 42.7 Å². The van der Waals surface area contributed by atoms with E-state index < -0.39 is 6.10 Å². The van der Waals surface area contributed by atoms with E-state index in [1.807, 2.05) is 36.5 Å². The van der Waals surface area contributed by atoms with Crippen LogP contribution in [0.25, 0.3) is 11.1 Å². The second-order valence-electron chi connectivity index (χ2n) is 3.71. The molecule has 0 aliphatic rings. The van der Waals surface area contributed by atoms with E-state index in [-0.39, 0.29) is 6.54 Å². The quantitative estimate of drug-likeness (QED) is 0.798. The van der Waals surface area contributed by atoms with Gasteiger partial charge in [-0.1, -0.05) is 30.3 Å². The molecule has 1 atom stereocenters. The van der Waals surface area contributed by atoms with E-state index in [0.29, 0.717) is 6.54 Å². The van der Waals surface area contributed by atoms with Gasteiger partial charge in [-0.2, -0.15) is 5.10 Å². The Morgan fingerprint density at radius 3 is 2.69 bits per heavy atom. The molecule has 0 fully saturated rings. The SMILES string of the molecule is NCC(O)Cn1cc(-c2ccccc2)cn1. The molecule has 0 saturated heterocycles. The van der Waals surface area contributed by atoms with Crippen LogP contribution in [0.3, 0.4) is 0 Å². The van der Waals surface area contributed by atoms with Crippen molar-refractivity contribution in [2.45, 2.75) is 12.6 Å². The monoisotopic (exact) mass is 217 g/mol. The molecule has 1 unspecified atom stereocenters. The van der Waals surface area contributed by atoms with E-state index in [1.165, 1.54) is 0 Å². The van der Waals surface area contributed by atoms with Crippen LogP contribution in [0.1, 0.15) is 0 Å². The van der Waals surface area contributed by atoms with Crippen molar-refractivity contribution in [1.29, 1.82) is 0 Å². The molecule has 4 heteroatoms. The van der Waals surface area contributed by atoms with Crippen LogP contribution in [-0.4, -0.2) is 27.5 Å². The van der Waals surface area contributed by atoms with E-state index in [2.05, 4.69) is 5.10 Å². The molecular weight excluding hydrogens is 202 g/mol. The van der Waals surface area contributed by atoms with E-state index in [0.717, 1.165) is 11.1 Å². The number of nitrogens with zero attached hydrogens (tertiary/aromatic N) is 2. The Kier molecular flexibility index (Phi) is 3.34. The fraction of sp³-hybridized carbons (Fsp3) is 0.250. The molecule has 1 aromatic heterocycles. The summed E-state index contributed by atoms with van der Waals surface area (Å²) in [4.78, 5) is 0. The largest absolute Gasteiger partial charge is 0.390 e. The highest BCUT2D eigenvalue weighted by atomic mass is 16.3. The van der Waals surface area contributed by atoms with Gasteiger partial charge in [0.1, 0.15) is 0 Å². The van der Waals surface area contributed by atoms with Gasteiger partial charge in [0.25, 0.3) is 0 Å². The first-order valence-corrected chi connectivity index (χ1v) is 5.25. The number of hydrogen-bond acceptors (Lipinski definition) is 3. The van der Waals surface area contributed by atoms with Crippen LogP contribution in [-0.2, 0) is 6.54 Å². The van der Waals surface area contributed by atoms with Gasteiger partial charge in [-0.25, -0.2) is 0 Å². The zero-order valence-corrected chi connectivity index (χ0v) is 8.95. The van der Waals surface area contributed by atoms with Crippen molar-refractivity contribution in [2.24, 2.45) is 5.73 Å². The molecule has 0 aliphatic carbocycles. The zero-order chi connectivity index (χ0) is 11.4. The van der Waals surface area contributed by atoms with E-state index in [1.54, 1.807) is 10.9 Å². The summed E-state index contributed by atoms with van der Waals surface area (Å²) in [6.45, 7) is 0.684. The van der Waals surface area contributed by atoms with Gasteiger partial charge in [0, 0.05) is 18.3 Å². The molecule has 0 spiro atoms. The van der Waals surface area contributed by atoms with Crippen LogP contribution < -0.4 is 5.73 Å². The van der Waals surface area contributed by atoms with E-state index >= 15 is 0 Å². The van der Waals surface area contributed by atoms with Gasteiger partial charge in [0.2, 0.25) is 0 Å². The average molecular weight is 217 g/mol. The van der Waals surface area contributed by atoms with Gasteiger partial charge >= 0.3 is 0 Å². The molecule has 4 nitrogen and oxygen atoms in total. The van der Waals surface area contributed by atoms with Gasteiger partial charge < -0.3 is 10.8 Å². The van der Waals surface area contributed by atoms with Gasteiger partial charge in [0.05, 0.1) is 18.8 Å². The summed E-state index contributed by atoms with van der Waals surface area (Å²) in [6.07, 6.45) is 3.16. The van der Waals surface area contributed by atoms with Crippen LogP contribution in [0.4, 0.5) is 0 Å². The first-order valence-electron chi connectivity index (χ1n) is 5.25. The van der Waals surface area contributed by atoms with Crippen LogP contribution >= 0.6 is 0 Å². The van der Waals surface area contributed by atoms with E-state index in [4.69, 9.17) is 5.73 Å². The summed E-state index contributed by atoms with van der Waals surface area (Å²) in [5, 5.41) is 13.6. The number of aliphatic hydroxyl groups excluding tert-OH is 1. The number of hydrogen-bond donors (Lipinski definition) is 2. The highest BCUT2D eigenvalue weighted by Crippen LogP contribution is 2.17. The van der Waals surface area contributed by atoms with Gasteiger partial charge in [-0.15, -0.1) is 0 Å². The van der Waals surface area contributed by atoms with Gasteiger partial charge in [0.15, 0.2) is 0 Å². The second-order valence-corrected chi connectivity index (χ2v) is 3.71. The summed E-state index contributed by atoms with van der Waals surface area (Å²) in [7, 11) is 0. The first-order chi connectivity index (χ1) is 7.79. The molecule has 2 aromatic rings. The highest BCUT2D eigenvalue weighted by Gasteiger charge is 2.05. The standard InChI is InChI=1S/C12H15N3O/c13-6-12(16)9-15-8-11(7-14-15)10-4-2-1-3-5-10/h1-5,7-8,12,16H,6,9,13H2. The molecule has 0 bridgehead atoms. The Balaban J connectivity index is 2.14. The third-order valence-electron chi connectivity index (χ3n) is 2.41. The Bertz CT molecular complexity index is 439. The maximum atomic E-state index is 9.41. The van der Waals surface area contributed by atoms with Crippen LogP contribution in [0.5, 0.6) is 0 Å².